The first kappa shape index (κ1) is 25.1. The number of phenolic OH excluding ortho intramolecular Hbond substituents is 1. The Morgan fingerprint density at radius 2 is 1.79 bits per heavy atom. The number of likely N-dealkylation sites (tertiary alicyclic amines) is 1. The second-order valence-electron chi connectivity index (χ2n) is 8.37. The molecule has 0 aliphatic carbocycles. The number of halogens is 1. The first-order chi connectivity index (χ1) is 15.6. The SMILES string of the molecule is CCNC(=NCc1cccc(CN2CCCC2=O)c1)N1CCN(c2ccccc2O)CC1.I. The number of nitrogens with one attached hydrogen (secondary N) is 1. The van der Waals surface area contributed by atoms with E-state index in [0.717, 1.165) is 68.5 Å². The van der Waals surface area contributed by atoms with E-state index in [4.69, 9.17) is 4.99 Å². The Hall–Kier alpha value is -2.49. The van der Waals surface area contributed by atoms with Gasteiger partial charge in [0.05, 0.1) is 12.2 Å². The number of benzene rings is 2. The van der Waals surface area contributed by atoms with Crippen LogP contribution in [0.1, 0.15) is 30.9 Å². The molecule has 2 saturated heterocycles. The Bertz CT molecular complexity index is 959. The highest BCUT2D eigenvalue weighted by molar-refractivity contribution is 14.0. The highest BCUT2D eigenvalue weighted by atomic mass is 127. The number of phenols is 1. The van der Waals surface area contributed by atoms with Gasteiger partial charge >= 0.3 is 0 Å². The van der Waals surface area contributed by atoms with Gasteiger partial charge in [0.1, 0.15) is 5.75 Å². The van der Waals surface area contributed by atoms with Crippen molar-refractivity contribution in [1.82, 2.24) is 15.1 Å². The van der Waals surface area contributed by atoms with E-state index in [1.54, 1.807) is 6.07 Å². The van der Waals surface area contributed by atoms with E-state index in [0.29, 0.717) is 25.3 Å². The number of anilines is 1. The normalized spacial score (nSPS) is 16.7. The van der Waals surface area contributed by atoms with E-state index in [1.807, 2.05) is 23.1 Å². The minimum absolute atomic E-state index is 0. The van der Waals surface area contributed by atoms with E-state index in [9.17, 15) is 9.90 Å². The van der Waals surface area contributed by atoms with Gasteiger partial charge < -0.3 is 25.1 Å². The van der Waals surface area contributed by atoms with Crippen molar-refractivity contribution in [1.29, 1.82) is 0 Å². The number of hydrogen-bond donors (Lipinski definition) is 2. The fourth-order valence-corrected chi connectivity index (χ4v) is 4.40. The molecular weight excluding hydrogens is 529 g/mol. The van der Waals surface area contributed by atoms with Gasteiger partial charge in [-0.1, -0.05) is 36.4 Å². The molecule has 0 unspecified atom stereocenters. The van der Waals surface area contributed by atoms with Crippen LogP contribution in [-0.2, 0) is 17.9 Å². The molecule has 0 spiro atoms. The number of rotatable bonds is 6. The predicted molar refractivity (Wildman–Crippen MR) is 143 cm³/mol. The number of aliphatic imine (C=N–C) groups is 1. The van der Waals surface area contributed by atoms with Crippen molar-refractivity contribution in [2.75, 3.05) is 44.2 Å². The molecule has 0 saturated carbocycles. The molecule has 4 rings (SSSR count). The molecular formula is C25H34IN5O2. The summed E-state index contributed by atoms with van der Waals surface area (Å²) in [6.07, 6.45) is 1.64. The number of amides is 1. The van der Waals surface area contributed by atoms with Gasteiger partial charge in [-0.3, -0.25) is 4.79 Å². The highest BCUT2D eigenvalue weighted by Gasteiger charge is 2.22. The third-order valence-electron chi connectivity index (χ3n) is 6.08. The lowest BCUT2D eigenvalue weighted by molar-refractivity contribution is -0.128. The Kier molecular flexibility index (Phi) is 9.22. The van der Waals surface area contributed by atoms with Crippen molar-refractivity contribution in [3.05, 3.63) is 59.7 Å². The van der Waals surface area contributed by atoms with Gasteiger partial charge in [-0.25, -0.2) is 4.99 Å². The molecule has 2 heterocycles. The van der Waals surface area contributed by atoms with E-state index >= 15 is 0 Å². The fourth-order valence-electron chi connectivity index (χ4n) is 4.40. The number of guanidine groups is 1. The van der Waals surface area contributed by atoms with E-state index < -0.39 is 0 Å². The highest BCUT2D eigenvalue weighted by Crippen LogP contribution is 2.27. The largest absolute Gasteiger partial charge is 0.506 e. The molecule has 2 aliphatic rings. The Morgan fingerprint density at radius 3 is 2.48 bits per heavy atom. The smallest absolute Gasteiger partial charge is 0.222 e. The molecule has 0 bridgehead atoms. The first-order valence-electron chi connectivity index (χ1n) is 11.6. The van der Waals surface area contributed by atoms with Crippen LogP contribution < -0.4 is 10.2 Å². The zero-order chi connectivity index (χ0) is 22.3. The van der Waals surface area contributed by atoms with Crippen molar-refractivity contribution in [3.63, 3.8) is 0 Å². The fraction of sp³-hybridized carbons (Fsp3) is 0.440. The molecule has 8 heteroatoms. The van der Waals surface area contributed by atoms with Crippen LogP contribution in [-0.4, -0.2) is 66.0 Å². The minimum Gasteiger partial charge on any atom is -0.506 e. The molecule has 0 atom stereocenters. The summed E-state index contributed by atoms with van der Waals surface area (Å²) >= 11 is 0. The van der Waals surface area contributed by atoms with Gasteiger partial charge in [-0.05, 0) is 36.6 Å². The van der Waals surface area contributed by atoms with Crippen LogP contribution in [0, 0.1) is 0 Å². The molecule has 2 aromatic carbocycles. The van der Waals surface area contributed by atoms with Gasteiger partial charge in [0, 0.05) is 52.2 Å². The predicted octanol–water partition coefficient (Wildman–Crippen LogP) is 3.42. The molecule has 1 amide bonds. The number of carbonyl (C=O) groups excluding carboxylic acids is 1. The summed E-state index contributed by atoms with van der Waals surface area (Å²) in [5.74, 6) is 1.51. The van der Waals surface area contributed by atoms with Gasteiger partial charge in [-0.2, -0.15) is 0 Å². The van der Waals surface area contributed by atoms with Gasteiger partial charge in [0.25, 0.3) is 0 Å². The number of para-hydroxylation sites is 2. The quantitative estimate of drug-likeness (QED) is 0.320. The monoisotopic (exact) mass is 563 g/mol. The first-order valence-corrected chi connectivity index (χ1v) is 11.6. The molecule has 2 aromatic rings. The van der Waals surface area contributed by atoms with Crippen LogP contribution in [0.25, 0.3) is 0 Å². The van der Waals surface area contributed by atoms with Crippen LogP contribution in [0.3, 0.4) is 0 Å². The maximum absolute atomic E-state index is 11.9. The number of piperazine rings is 1. The Labute approximate surface area is 213 Å². The number of carbonyl (C=O) groups is 1. The van der Waals surface area contributed by atoms with E-state index in [-0.39, 0.29) is 29.9 Å². The number of aromatic hydroxyl groups is 1. The van der Waals surface area contributed by atoms with Gasteiger partial charge in [0.15, 0.2) is 5.96 Å². The topological polar surface area (TPSA) is 71.4 Å². The summed E-state index contributed by atoms with van der Waals surface area (Å²) in [5, 5.41) is 13.6. The third-order valence-corrected chi connectivity index (χ3v) is 6.08. The maximum Gasteiger partial charge on any atom is 0.222 e. The van der Waals surface area contributed by atoms with Crippen LogP contribution >= 0.6 is 24.0 Å². The molecule has 2 aliphatic heterocycles. The number of nitrogens with zero attached hydrogens (tertiary/aromatic N) is 4. The Balaban J connectivity index is 0.00000306. The zero-order valence-electron chi connectivity index (χ0n) is 19.2. The zero-order valence-corrected chi connectivity index (χ0v) is 21.6. The molecule has 0 aromatic heterocycles. The lowest BCUT2D eigenvalue weighted by Crippen LogP contribution is -2.52. The molecule has 2 N–H and O–H groups in total. The van der Waals surface area contributed by atoms with Crippen molar-refractivity contribution >= 4 is 41.5 Å². The summed E-state index contributed by atoms with van der Waals surface area (Å²) < 4.78 is 0. The minimum atomic E-state index is 0. The second kappa shape index (κ2) is 12.1. The molecule has 178 valence electrons. The van der Waals surface area contributed by atoms with Gasteiger partial charge in [0.2, 0.25) is 5.91 Å². The van der Waals surface area contributed by atoms with Crippen LogP contribution in [0.2, 0.25) is 0 Å². The maximum atomic E-state index is 11.9. The summed E-state index contributed by atoms with van der Waals surface area (Å²) in [6.45, 7) is 8.40. The average Bonchev–Trinajstić information content (AvgIpc) is 3.21. The molecule has 7 nitrogen and oxygen atoms in total. The second-order valence-corrected chi connectivity index (χ2v) is 8.37. The molecule has 2 fully saturated rings. The summed E-state index contributed by atoms with van der Waals surface area (Å²) in [4.78, 5) is 23.3. The molecule has 0 radical (unpaired) electrons. The van der Waals surface area contributed by atoms with E-state index in [2.05, 4.69) is 46.3 Å². The van der Waals surface area contributed by atoms with Crippen molar-refractivity contribution < 1.29 is 9.90 Å². The summed E-state index contributed by atoms with van der Waals surface area (Å²) in [6, 6.07) is 15.9. The van der Waals surface area contributed by atoms with Crippen LogP contribution in [0.4, 0.5) is 5.69 Å². The van der Waals surface area contributed by atoms with Crippen LogP contribution in [0.5, 0.6) is 5.75 Å². The summed E-state index contributed by atoms with van der Waals surface area (Å²) in [7, 11) is 0. The lowest BCUT2D eigenvalue weighted by Gasteiger charge is -2.37. The summed E-state index contributed by atoms with van der Waals surface area (Å²) in [5.41, 5.74) is 3.20. The van der Waals surface area contributed by atoms with Crippen molar-refractivity contribution in [3.8, 4) is 5.75 Å². The standard InChI is InChI=1S/C25H33N5O2.HI/c1-2-26-25(29-15-13-28(14-16-29)22-9-3-4-10-23(22)31)27-18-20-7-5-8-21(17-20)19-30-12-6-11-24(30)32;/h3-5,7-10,17,31H,2,6,11-16,18-19H2,1H3,(H,26,27);1H. The third kappa shape index (κ3) is 6.52. The van der Waals surface area contributed by atoms with E-state index in [1.165, 1.54) is 0 Å². The number of hydrogen-bond acceptors (Lipinski definition) is 4. The molecule has 33 heavy (non-hydrogen) atoms. The van der Waals surface area contributed by atoms with Crippen LogP contribution in [0.15, 0.2) is 53.5 Å². The lowest BCUT2D eigenvalue weighted by atomic mass is 10.1. The average molecular weight is 563 g/mol. The Morgan fingerprint density at radius 1 is 1.03 bits per heavy atom. The van der Waals surface area contributed by atoms with Gasteiger partial charge in [-0.15, -0.1) is 24.0 Å². The van der Waals surface area contributed by atoms with Crippen molar-refractivity contribution in [2.24, 2.45) is 4.99 Å². The van der Waals surface area contributed by atoms with Crippen molar-refractivity contribution in [2.45, 2.75) is 32.9 Å².